The molecule has 3 aromatic heterocycles. The van der Waals surface area contributed by atoms with E-state index in [0.717, 1.165) is 41.2 Å². The SMILES string of the molecule is CNC(=O)[C@]1(C)CC[C@@H](Nc2ncc3c(Br)nn(-c4ccc5ncccc5c4)c3n2)C1. The van der Waals surface area contributed by atoms with Crippen LogP contribution in [0.5, 0.6) is 0 Å². The van der Waals surface area contributed by atoms with E-state index in [1.165, 1.54) is 0 Å². The Morgan fingerprint density at radius 2 is 2.16 bits per heavy atom. The van der Waals surface area contributed by atoms with E-state index in [-0.39, 0.29) is 17.4 Å². The maximum atomic E-state index is 12.2. The molecule has 0 aliphatic heterocycles. The summed E-state index contributed by atoms with van der Waals surface area (Å²) in [6.45, 7) is 2.01. The van der Waals surface area contributed by atoms with Gasteiger partial charge in [0.05, 0.1) is 16.6 Å². The summed E-state index contributed by atoms with van der Waals surface area (Å²) in [5.74, 6) is 0.621. The largest absolute Gasteiger partial charge is 0.359 e. The zero-order valence-electron chi connectivity index (χ0n) is 17.3. The minimum Gasteiger partial charge on any atom is -0.359 e. The second-order valence-corrected chi connectivity index (χ2v) is 8.99. The quantitative estimate of drug-likeness (QED) is 0.461. The summed E-state index contributed by atoms with van der Waals surface area (Å²) in [5.41, 5.74) is 2.17. The van der Waals surface area contributed by atoms with Gasteiger partial charge in [0, 0.05) is 36.3 Å². The zero-order valence-corrected chi connectivity index (χ0v) is 18.8. The van der Waals surface area contributed by atoms with Gasteiger partial charge in [0.25, 0.3) is 0 Å². The molecule has 1 aromatic carbocycles. The number of nitrogens with one attached hydrogen (secondary N) is 2. The molecule has 1 aliphatic carbocycles. The Hall–Kier alpha value is -3.07. The first-order valence-electron chi connectivity index (χ1n) is 10.2. The highest BCUT2D eigenvalue weighted by atomic mass is 79.9. The van der Waals surface area contributed by atoms with Crippen LogP contribution in [0.4, 0.5) is 5.95 Å². The van der Waals surface area contributed by atoms with Crippen LogP contribution in [0.1, 0.15) is 26.2 Å². The maximum absolute atomic E-state index is 12.2. The van der Waals surface area contributed by atoms with Gasteiger partial charge in [-0.2, -0.15) is 10.1 Å². The molecule has 9 heteroatoms. The minimum absolute atomic E-state index is 0.0842. The van der Waals surface area contributed by atoms with Crippen molar-refractivity contribution in [2.24, 2.45) is 5.41 Å². The van der Waals surface area contributed by atoms with Crippen LogP contribution >= 0.6 is 15.9 Å². The number of amides is 1. The Bertz CT molecular complexity index is 1300. The van der Waals surface area contributed by atoms with Crippen LogP contribution in [-0.4, -0.2) is 43.7 Å². The van der Waals surface area contributed by atoms with Crippen molar-refractivity contribution in [2.75, 3.05) is 12.4 Å². The molecule has 158 valence electrons. The maximum Gasteiger partial charge on any atom is 0.225 e. The lowest BCUT2D eigenvalue weighted by Gasteiger charge is -2.22. The Kier molecular flexibility index (Phi) is 4.85. The molecule has 1 amide bonds. The van der Waals surface area contributed by atoms with E-state index in [1.54, 1.807) is 19.4 Å². The van der Waals surface area contributed by atoms with Crippen LogP contribution in [0, 0.1) is 5.41 Å². The van der Waals surface area contributed by atoms with Gasteiger partial charge in [0.2, 0.25) is 11.9 Å². The van der Waals surface area contributed by atoms with Gasteiger partial charge in [-0.1, -0.05) is 13.0 Å². The molecule has 0 saturated heterocycles. The lowest BCUT2D eigenvalue weighted by molar-refractivity contribution is -0.129. The van der Waals surface area contributed by atoms with Gasteiger partial charge in [0.15, 0.2) is 5.65 Å². The topological polar surface area (TPSA) is 97.6 Å². The highest BCUT2D eigenvalue weighted by Gasteiger charge is 2.40. The number of anilines is 1. The lowest BCUT2D eigenvalue weighted by Crippen LogP contribution is -2.35. The van der Waals surface area contributed by atoms with Crippen LogP contribution < -0.4 is 10.6 Å². The minimum atomic E-state index is -0.361. The van der Waals surface area contributed by atoms with Crippen molar-refractivity contribution in [2.45, 2.75) is 32.2 Å². The number of pyridine rings is 1. The van der Waals surface area contributed by atoms with Crippen molar-refractivity contribution >= 4 is 49.7 Å². The number of carbonyl (C=O) groups is 1. The molecule has 2 N–H and O–H groups in total. The molecule has 0 radical (unpaired) electrons. The van der Waals surface area contributed by atoms with Gasteiger partial charge in [-0.3, -0.25) is 9.78 Å². The molecular weight excluding hydrogens is 458 g/mol. The number of hydrogen-bond donors (Lipinski definition) is 2. The summed E-state index contributed by atoms with van der Waals surface area (Å²) in [5, 5.41) is 12.7. The molecular formula is C22H22BrN7O. The summed E-state index contributed by atoms with van der Waals surface area (Å²) in [4.78, 5) is 25.8. The number of halogens is 1. The Labute approximate surface area is 187 Å². The third kappa shape index (κ3) is 3.52. The first kappa shape index (κ1) is 19.9. The van der Waals surface area contributed by atoms with E-state index in [9.17, 15) is 4.79 Å². The molecule has 0 unspecified atom stereocenters. The molecule has 31 heavy (non-hydrogen) atoms. The average molecular weight is 480 g/mol. The summed E-state index contributed by atoms with van der Waals surface area (Å²) in [7, 11) is 1.69. The van der Waals surface area contributed by atoms with Gasteiger partial charge in [0.1, 0.15) is 4.60 Å². The number of rotatable bonds is 4. The smallest absolute Gasteiger partial charge is 0.225 e. The standard InChI is InChI=1S/C22H22BrN7O/c1-22(20(31)24-2)8-7-14(11-22)27-21-26-12-16-18(23)29-30(19(16)28-21)15-5-6-17-13(10-15)4-3-9-25-17/h3-6,9-10,12,14H,7-8,11H2,1-2H3,(H,24,31)(H,26,27,28)/t14-,22-/m1/s1. The first-order valence-corrected chi connectivity index (χ1v) is 11.0. The second-order valence-electron chi connectivity index (χ2n) is 8.24. The van der Waals surface area contributed by atoms with Gasteiger partial charge in [-0.05, 0) is 59.5 Å². The van der Waals surface area contributed by atoms with Crippen LogP contribution in [0.3, 0.4) is 0 Å². The number of fused-ring (bicyclic) bond motifs is 2. The first-order chi connectivity index (χ1) is 15.0. The molecule has 5 rings (SSSR count). The number of aromatic nitrogens is 5. The van der Waals surface area contributed by atoms with E-state index in [1.807, 2.05) is 41.9 Å². The number of hydrogen-bond acceptors (Lipinski definition) is 6. The van der Waals surface area contributed by atoms with Gasteiger partial charge < -0.3 is 10.6 Å². The number of benzene rings is 1. The summed E-state index contributed by atoms with van der Waals surface area (Å²) < 4.78 is 2.50. The molecule has 2 atom stereocenters. The highest BCUT2D eigenvalue weighted by molar-refractivity contribution is 9.10. The molecule has 8 nitrogen and oxygen atoms in total. The van der Waals surface area contributed by atoms with E-state index >= 15 is 0 Å². The highest BCUT2D eigenvalue weighted by Crippen LogP contribution is 2.39. The fourth-order valence-corrected chi connectivity index (χ4v) is 4.81. The lowest BCUT2D eigenvalue weighted by atomic mass is 9.87. The average Bonchev–Trinajstić information content (AvgIpc) is 3.33. The summed E-state index contributed by atoms with van der Waals surface area (Å²) >= 11 is 3.53. The normalized spacial score (nSPS) is 20.9. The van der Waals surface area contributed by atoms with Crippen molar-refractivity contribution < 1.29 is 4.79 Å². The molecule has 3 heterocycles. The van der Waals surface area contributed by atoms with Crippen LogP contribution in [0.25, 0.3) is 27.6 Å². The third-order valence-corrected chi connectivity index (χ3v) is 6.65. The van der Waals surface area contributed by atoms with Crippen molar-refractivity contribution in [3.63, 3.8) is 0 Å². The molecule has 0 bridgehead atoms. The van der Waals surface area contributed by atoms with Crippen molar-refractivity contribution in [1.82, 2.24) is 30.0 Å². The van der Waals surface area contributed by atoms with Crippen molar-refractivity contribution in [3.05, 3.63) is 47.3 Å². The van der Waals surface area contributed by atoms with Crippen LogP contribution in [-0.2, 0) is 4.79 Å². The van der Waals surface area contributed by atoms with E-state index < -0.39 is 0 Å². The summed E-state index contributed by atoms with van der Waals surface area (Å²) in [6.07, 6.45) is 6.03. The van der Waals surface area contributed by atoms with Crippen molar-refractivity contribution in [3.8, 4) is 5.69 Å². The predicted molar refractivity (Wildman–Crippen MR) is 123 cm³/mol. The molecule has 4 aromatic rings. The third-order valence-electron chi connectivity index (χ3n) is 6.06. The summed E-state index contributed by atoms with van der Waals surface area (Å²) in [6, 6.07) is 10.1. The molecule has 1 saturated carbocycles. The molecule has 1 fully saturated rings. The number of nitrogens with zero attached hydrogens (tertiary/aromatic N) is 5. The Morgan fingerprint density at radius 1 is 1.29 bits per heavy atom. The van der Waals surface area contributed by atoms with Gasteiger partial charge in [-0.15, -0.1) is 0 Å². The van der Waals surface area contributed by atoms with E-state index in [2.05, 4.69) is 41.6 Å². The molecule has 1 aliphatic rings. The Morgan fingerprint density at radius 3 is 3.00 bits per heavy atom. The zero-order chi connectivity index (χ0) is 21.6. The van der Waals surface area contributed by atoms with Crippen LogP contribution in [0.2, 0.25) is 0 Å². The predicted octanol–water partition coefficient (Wildman–Crippen LogP) is 3.84. The van der Waals surface area contributed by atoms with Gasteiger partial charge in [-0.25, -0.2) is 9.67 Å². The van der Waals surface area contributed by atoms with E-state index in [4.69, 9.17) is 4.98 Å². The number of carbonyl (C=O) groups excluding carboxylic acids is 1. The van der Waals surface area contributed by atoms with Gasteiger partial charge >= 0.3 is 0 Å². The second kappa shape index (κ2) is 7.56. The Balaban J connectivity index is 1.48. The fraction of sp³-hybridized carbons (Fsp3) is 0.318. The van der Waals surface area contributed by atoms with Crippen LogP contribution in [0.15, 0.2) is 47.3 Å². The molecule has 0 spiro atoms. The van der Waals surface area contributed by atoms with E-state index in [0.29, 0.717) is 16.2 Å². The fourth-order valence-electron chi connectivity index (χ4n) is 4.37. The monoisotopic (exact) mass is 479 g/mol. The van der Waals surface area contributed by atoms with Crippen molar-refractivity contribution in [1.29, 1.82) is 0 Å².